The first-order chi connectivity index (χ1) is 17.3. The Bertz CT molecular complexity index is 1170. The fourth-order valence-corrected chi connectivity index (χ4v) is 5.22. The van der Waals surface area contributed by atoms with E-state index in [2.05, 4.69) is 36.1 Å². The van der Waals surface area contributed by atoms with Gasteiger partial charge in [0.15, 0.2) is 0 Å². The largest absolute Gasteiger partial charge is 0.478 e. The molecule has 2 N–H and O–H groups in total. The maximum absolute atomic E-state index is 11.4. The van der Waals surface area contributed by atoms with Crippen molar-refractivity contribution in [2.45, 2.75) is 58.3 Å². The van der Waals surface area contributed by atoms with Gasteiger partial charge in [-0.2, -0.15) is 0 Å². The third-order valence-corrected chi connectivity index (χ3v) is 7.24. The summed E-state index contributed by atoms with van der Waals surface area (Å²) in [6.45, 7) is 7.81. The van der Waals surface area contributed by atoms with E-state index < -0.39 is 12.1 Å². The highest BCUT2D eigenvalue weighted by Crippen LogP contribution is 2.31. The molecule has 1 saturated heterocycles. The Kier molecular flexibility index (Phi) is 8.57. The van der Waals surface area contributed by atoms with Crippen LogP contribution in [0, 0.1) is 13.8 Å². The highest BCUT2D eigenvalue weighted by atomic mass is 16.5. The summed E-state index contributed by atoms with van der Waals surface area (Å²) in [7, 11) is 0. The lowest BCUT2D eigenvalue weighted by molar-refractivity contribution is -0.0169. The molecule has 0 saturated carbocycles. The zero-order chi connectivity index (χ0) is 25.7. The molecular weight excluding hydrogens is 450 g/mol. The van der Waals surface area contributed by atoms with E-state index >= 15 is 0 Å². The van der Waals surface area contributed by atoms with Gasteiger partial charge in [-0.3, -0.25) is 4.90 Å². The number of ether oxygens (including phenoxy) is 1. The average Bonchev–Trinajstić information content (AvgIpc) is 3.29. The van der Waals surface area contributed by atoms with Gasteiger partial charge >= 0.3 is 5.97 Å². The molecule has 0 aromatic heterocycles. The molecule has 0 amide bonds. The number of β-amino-alcohol motifs (C(OH)–C–C–N with tert-alkyl or cyclic N) is 1. The zero-order valence-electron chi connectivity index (χ0n) is 21.5. The van der Waals surface area contributed by atoms with Crippen LogP contribution in [0.1, 0.15) is 58.5 Å². The summed E-state index contributed by atoms with van der Waals surface area (Å²) in [6.07, 6.45) is 2.56. The lowest BCUT2D eigenvalue weighted by atomic mass is 9.94. The Hall–Kier alpha value is -2.99. The van der Waals surface area contributed by atoms with Gasteiger partial charge in [0.05, 0.1) is 24.4 Å². The fourth-order valence-electron chi connectivity index (χ4n) is 5.22. The van der Waals surface area contributed by atoms with Gasteiger partial charge in [-0.1, -0.05) is 66.2 Å². The van der Waals surface area contributed by atoms with Crippen molar-refractivity contribution in [3.63, 3.8) is 0 Å². The summed E-state index contributed by atoms with van der Waals surface area (Å²) in [5.41, 5.74) is 6.65. The van der Waals surface area contributed by atoms with Crippen molar-refractivity contribution >= 4 is 5.97 Å². The summed E-state index contributed by atoms with van der Waals surface area (Å²) in [5.74, 6) is -0.919. The number of carboxylic acid groups (broad SMARTS) is 1. The first-order valence-corrected chi connectivity index (χ1v) is 12.8. The lowest BCUT2D eigenvalue weighted by Gasteiger charge is -2.27. The molecule has 0 aliphatic carbocycles. The maximum Gasteiger partial charge on any atom is 0.335 e. The second kappa shape index (κ2) is 11.8. The summed E-state index contributed by atoms with van der Waals surface area (Å²) in [6, 6.07) is 22.6. The molecule has 0 unspecified atom stereocenters. The number of carboxylic acids is 1. The summed E-state index contributed by atoms with van der Waals surface area (Å²) >= 11 is 0. The Labute approximate surface area is 214 Å². The van der Waals surface area contributed by atoms with Crippen molar-refractivity contribution < 1.29 is 19.7 Å². The minimum absolute atomic E-state index is 0.211. The number of nitrogens with zero attached hydrogens (tertiary/aromatic N) is 1. The molecule has 190 valence electrons. The number of benzene rings is 3. The van der Waals surface area contributed by atoms with Crippen molar-refractivity contribution in [1.82, 2.24) is 4.90 Å². The van der Waals surface area contributed by atoms with Crippen LogP contribution in [0.2, 0.25) is 0 Å². The first kappa shape index (κ1) is 26.1. The van der Waals surface area contributed by atoms with Crippen LogP contribution in [0.4, 0.5) is 0 Å². The van der Waals surface area contributed by atoms with Crippen LogP contribution >= 0.6 is 0 Å². The van der Waals surface area contributed by atoms with E-state index in [1.165, 1.54) is 11.1 Å². The molecule has 4 rings (SSSR count). The molecule has 0 bridgehead atoms. The summed E-state index contributed by atoms with van der Waals surface area (Å²) in [4.78, 5) is 13.8. The Morgan fingerprint density at radius 2 is 1.83 bits per heavy atom. The quantitative estimate of drug-likeness (QED) is 0.377. The van der Waals surface area contributed by atoms with Crippen molar-refractivity contribution in [3.8, 4) is 11.1 Å². The monoisotopic (exact) mass is 487 g/mol. The van der Waals surface area contributed by atoms with Crippen LogP contribution in [0.15, 0.2) is 66.7 Å². The Morgan fingerprint density at radius 1 is 1.08 bits per heavy atom. The molecule has 5 heteroatoms. The second-order valence-electron chi connectivity index (χ2n) is 10.0. The molecule has 36 heavy (non-hydrogen) atoms. The molecule has 1 aliphatic heterocycles. The number of likely N-dealkylation sites (tertiary alicyclic amines) is 1. The number of hydrogen-bond donors (Lipinski definition) is 2. The first-order valence-electron chi connectivity index (χ1n) is 12.8. The highest BCUT2D eigenvalue weighted by molar-refractivity contribution is 5.90. The van der Waals surface area contributed by atoms with Crippen LogP contribution in [0.25, 0.3) is 11.1 Å². The van der Waals surface area contributed by atoms with Gasteiger partial charge in [-0.15, -0.1) is 0 Å². The standard InChI is InChI=1S/C31H37NO4/c1-21-10-12-24(13-11-21)18-26-7-6-16-32(26)19-27(33)20-36-23(3)29-8-4-5-9-30(29)25-14-15-28(31(34)35)22(2)17-25/h4-5,8-15,17,23,26-27,33H,6-7,16,18-20H2,1-3H3,(H,34,35)/t23-,26+,27-/m1/s1. The summed E-state index contributed by atoms with van der Waals surface area (Å²) < 4.78 is 6.15. The molecule has 3 aromatic carbocycles. The van der Waals surface area contributed by atoms with E-state index in [-0.39, 0.29) is 12.7 Å². The third kappa shape index (κ3) is 6.41. The minimum Gasteiger partial charge on any atom is -0.478 e. The van der Waals surface area contributed by atoms with Gasteiger partial charge in [0, 0.05) is 12.6 Å². The molecule has 5 nitrogen and oxygen atoms in total. The number of aryl methyl sites for hydroxylation is 2. The van der Waals surface area contributed by atoms with Gasteiger partial charge in [-0.25, -0.2) is 4.79 Å². The molecule has 0 radical (unpaired) electrons. The van der Waals surface area contributed by atoms with Crippen LogP contribution in [0.3, 0.4) is 0 Å². The van der Waals surface area contributed by atoms with Gasteiger partial charge in [0.2, 0.25) is 0 Å². The average molecular weight is 488 g/mol. The predicted molar refractivity (Wildman–Crippen MR) is 143 cm³/mol. The van der Waals surface area contributed by atoms with E-state index in [1.807, 2.05) is 50.2 Å². The van der Waals surface area contributed by atoms with Crippen molar-refractivity contribution in [2.24, 2.45) is 0 Å². The lowest BCUT2D eigenvalue weighted by Crippen LogP contribution is -2.39. The predicted octanol–water partition coefficient (Wildman–Crippen LogP) is 5.81. The van der Waals surface area contributed by atoms with E-state index in [9.17, 15) is 15.0 Å². The van der Waals surface area contributed by atoms with E-state index in [4.69, 9.17) is 4.74 Å². The molecule has 1 aliphatic rings. The number of aliphatic hydroxyl groups excluding tert-OH is 1. The number of aliphatic hydroxyl groups is 1. The maximum atomic E-state index is 11.4. The van der Waals surface area contributed by atoms with E-state index in [0.717, 1.165) is 48.1 Å². The van der Waals surface area contributed by atoms with Crippen LogP contribution < -0.4 is 0 Å². The Balaban J connectivity index is 1.36. The topological polar surface area (TPSA) is 70.0 Å². The fraction of sp³-hybridized carbons (Fsp3) is 0.387. The summed E-state index contributed by atoms with van der Waals surface area (Å²) in [5, 5.41) is 20.2. The Morgan fingerprint density at radius 3 is 2.56 bits per heavy atom. The SMILES string of the molecule is Cc1ccc(C[C@@H]2CCCN2C[C@@H](O)CO[C@H](C)c2ccccc2-c2ccc(C(=O)O)c(C)c2)cc1. The normalized spacial score (nSPS) is 17.7. The van der Waals surface area contributed by atoms with Crippen LogP contribution in [-0.4, -0.2) is 52.9 Å². The second-order valence-corrected chi connectivity index (χ2v) is 10.0. The van der Waals surface area contributed by atoms with E-state index in [0.29, 0.717) is 18.2 Å². The smallest absolute Gasteiger partial charge is 0.335 e. The number of aromatic carboxylic acids is 1. The van der Waals surface area contributed by atoms with Crippen LogP contribution in [-0.2, 0) is 11.2 Å². The molecular formula is C31H37NO4. The van der Waals surface area contributed by atoms with Gasteiger partial charge in [-0.05, 0) is 80.5 Å². The molecule has 1 fully saturated rings. The van der Waals surface area contributed by atoms with Crippen molar-refractivity contribution in [2.75, 3.05) is 19.7 Å². The molecule has 1 heterocycles. The van der Waals surface area contributed by atoms with Gasteiger partial charge in [0.25, 0.3) is 0 Å². The van der Waals surface area contributed by atoms with E-state index in [1.54, 1.807) is 6.07 Å². The molecule has 3 aromatic rings. The highest BCUT2D eigenvalue weighted by Gasteiger charge is 2.27. The number of carbonyl (C=O) groups is 1. The van der Waals surface area contributed by atoms with Crippen molar-refractivity contribution in [1.29, 1.82) is 0 Å². The van der Waals surface area contributed by atoms with Gasteiger partial charge in [0.1, 0.15) is 0 Å². The van der Waals surface area contributed by atoms with Crippen LogP contribution in [0.5, 0.6) is 0 Å². The molecule has 3 atom stereocenters. The van der Waals surface area contributed by atoms with Crippen molar-refractivity contribution in [3.05, 3.63) is 94.5 Å². The number of hydrogen-bond acceptors (Lipinski definition) is 4. The minimum atomic E-state index is -0.919. The zero-order valence-corrected chi connectivity index (χ0v) is 21.5. The number of rotatable bonds is 10. The molecule has 0 spiro atoms. The van der Waals surface area contributed by atoms with Gasteiger partial charge < -0.3 is 14.9 Å². The third-order valence-electron chi connectivity index (χ3n) is 7.24.